The van der Waals surface area contributed by atoms with Gasteiger partial charge in [0.1, 0.15) is 0 Å². The van der Waals surface area contributed by atoms with Gasteiger partial charge in [0.2, 0.25) is 5.82 Å². The van der Waals surface area contributed by atoms with Gasteiger partial charge >= 0.3 is 12.3 Å². The smallest absolute Gasteiger partial charge is 0.449 e. The highest BCUT2D eigenvalue weighted by Crippen LogP contribution is 2.44. The number of benzene rings is 1. The monoisotopic (exact) mass is 339 g/mol. The molecule has 1 amide bonds. The molecular formula is C16H16F3N3O2. The fourth-order valence-electron chi connectivity index (χ4n) is 4.29. The molecule has 1 N–H and O–H groups in total. The highest BCUT2D eigenvalue weighted by molar-refractivity contribution is 5.76. The first-order valence-corrected chi connectivity index (χ1v) is 7.91. The Bertz CT molecular complexity index is 787. The Labute approximate surface area is 135 Å². The standard InChI is InChI=1S/C16H16F3N3O2/c17-16(18,19)14-20-12-3-1-2-4-13(12)22(14)11-7-9-5-6-10(8-11)21(9)15(23)24/h1-4,9-11H,5-8H2,(H,23,24)/t9-,10+,11?. The lowest BCUT2D eigenvalue weighted by molar-refractivity contribution is -0.148. The summed E-state index contributed by atoms with van der Waals surface area (Å²) in [7, 11) is 0. The molecular weight excluding hydrogens is 323 g/mol. The van der Waals surface area contributed by atoms with E-state index in [1.54, 1.807) is 24.3 Å². The SMILES string of the molecule is O=C(O)N1[C@@H]2CC[C@H]1CC(n1c(C(F)(F)F)nc3ccccc31)C2. The summed E-state index contributed by atoms with van der Waals surface area (Å²) in [4.78, 5) is 16.6. The Morgan fingerprint density at radius 3 is 2.33 bits per heavy atom. The molecule has 0 radical (unpaired) electrons. The van der Waals surface area contributed by atoms with Gasteiger partial charge in [-0.25, -0.2) is 9.78 Å². The van der Waals surface area contributed by atoms with Crippen molar-refractivity contribution in [1.29, 1.82) is 0 Å². The maximum Gasteiger partial charge on any atom is 0.449 e. The molecule has 2 bridgehead atoms. The first-order valence-electron chi connectivity index (χ1n) is 7.91. The number of hydrogen-bond donors (Lipinski definition) is 1. The van der Waals surface area contributed by atoms with Crippen LogP contribution in [-0.2, 0) is 6.18 Å². The summed E-state index contributed by atoms with van der Waals surface area (Å²) in [6, 6.07) is 5.76. The molecule has 2 aliphatic rings. The predicted molar refractivity (Wildman–Crippen MR) is 79.7 cm³/mol. The Kier molecular flexibility index (Phi) is 3.26. The van der Waals surface area contributed by atoms with Crippen LogP contribution in [0.5, 0.6) is 0 Å². The van der Waals surface area contributed by atoms with Crippen molar-refractivity contribution in [3.8, 4) is 0 Å². The number of alkyl halides is 3. The molecule has 2 saturated heterocycles. The molecule has 0 aliphatic carbocycles. The van der Waals surface area contributed by atoms with Crippen LogP contribution in [0.1, 0.15) is 37.5 Å². The summed E-state index contributed by atoms with van der Waals surface area (Å²) >= 11 is 0. The maximum absolute atomic E-state index is 13.5. The lowest BCUT2D eigenvalue weighted by Crippen LogP contribution is -2.46. The molecule has 4 rings (SSSR count). The molecule has 2 fully saturated rings. The van der Waals surface area contributed by atoms with Gasteiger partial charge < -0.3 is 14.6 Å². The first-order chi connectivity index (χ1) is 11.4. The predicted octanol–water partition coefficient (Wildman–Crippen LogP) is 3.90. The van der Waals surface area contributed by atoms with E-state index in [0.717, 1.165) is 0 Å². The second-order valence-electron chi connectivity index (χ2n) is 6.49. The molecule has 2 aliphatic heterocycles. The van der Waals surface area contributed by atoms with Gasteiger partial charge in [-0.2, -0.15) is 13.2 Å². The van der Waals surface area contributed by atoms with E-state index in [0.29, 0.717) is 36.7 Å². The van der Waals surface area contributed by atoms with E-state index in [1.165, 1.54) is 9.47 Å². The Balaban J connectivity index is 1.79. The average Bonchev–Trinajstić information content (AvgIpc) is 3.03. The number of halogens is 3. The molecule has 8 heteroatoms. The third-order valence-electron chi connectivity index (χ3n) is 5.14. The summed E-state index contributed by atoms with van der Waals surface area (Å²) in [5.41, 5.74) is 0.774. The normalized spacial score (nSPS) is 27.0. The molecule has 3 heterocycles. The van der Waals surface area contributed by atoms with Crippen LogP contribution >= 0.6 is 0 Å². The second-order valence-corrected chi connectivity index (χ2v) is 6.49. The average molecular weight is 339 g/mol. The fraction of sp³-hybridized carbons (Fsp3) is 0.500. The van der Waals surface area contributed by atoms with Crippen molar-refractivity contribution in [2.75, 3.05) is 0 Å². The summed E-state index contributed by atoms with van der Waals surface area (Å²) in [6.45, 7) is 0. The molecule has 24 heavy (non-hydrogen) atoms. The number of aromatic nitrogens is 2. The van der Waals surface area contributed by atoms with Crippen molar-refractivity contribution >= 4 is 17.1 Å². The lowest BCUT2D eigenvalue weighted by Gasteiger charge is -2.38. The van der Waals surface area contributed by atoms with E-state index >= 15 is 0 Å². The van der Waals surface area contributed by atoms with Gasteiger partial charge in [0.25, 0.3) is 0 Å². The molecule has 1 aromatic carbocycles. The summed E-state index contributed by atoms with van der Waals surface area (Å²) in [5, 5.41) is 9.32. The number of hydrogen-bond acceptors (Lipinski definition) is 2. The number of imidazole rings is 1. The number of nitrogens with zero attached hydrogens (tertiary/aromatic N) is 3. The van der Waals surface area contributed by atoms with Gasteiger partial charge in [-0.1, -0.05) is 12.1 Å². The molecule has 1 unspecified atom stereocenters. The van der Waals surface area contributed by atoms with Crippen LogP contribution in [0.15, 0.2) is 24.3 Å². The summed E-state index contributed by atoms with van der Waals surface area (Å²) in [5.74, 6) is -0.892. The zero-order valence-corrected chi connectivity index (χ0v) is 12.7. The minimum atomic E-state index is -4.54. The quantitative estimate of drug-likeness (QED) is 0.857. The van der Waals surface area contributed by atoms with E-state index < -0.39 is 18.1 Å². The first kappa shape index (κ1) is 15.3. The van der Waals surface area contributed by atoms with Gasteiger partial charge in [-0.3, -0.25) is 0 Å². The topological polar surface area (TPSA) is 58.4 Å². The third-order valence-corrected chi connectivity index (χ3v) is 5.14. The number of rotatable bonds is 1. The molecule has 0 spiro atoms. The summed E-state index contributed by atoms with van der Waals surface area (Å²) < 4.78 is 41.7. The van der Waals surface area contributed by atoms with Gasteiger partial charge in [0, 0.05) is 18.1 Å². The zero-order chi connectivity index (χ0) is 17.1. The van der Waals surface area contributed by atoms with Crippen LogP contribution in [0, 0.1) is 0 Å². The number of fused-ring (bicyclic) bond motifs is 3. The van der Waals surface area contributed by atoms with Crippen LogP contribution in [0.4, 0.5) is 18.0 Å². The number of piperidine rings is 1. The van der Waals surface area contributed by atoms with Gasteiger partial charge in [-0.05, 0) is 37.8 Å². The largest absolute Gasteiger partial charge is 0.465 e. The Hall–Kier alpha value is -2.25. The molecule has 5 nitrogen and oxygen atoms in total. The van der Waals surface area contributed by atoms with E-state index in [4.69, 9.17) is 0 Å². The zero-order valence-electron chi connectivity index (χ0n) is 12.7. The number of amides is 1. The highest BCUT2D eigenvalue weighted by atomic mass is 19.4. The Morgan fingerprint density at radius 2 is 1.75 bits per heavy atom. The van der Waals surface area contributed by atoms with Crippen molar-refractivity contribution in [2.24, 2.45) is 0 Å². The van der Waals surface area contributed by atoms with E-state index in [9.17, 15) is 23.1 Å². The van der Waals surface area contributed by atoms with Crippen molar-refractivity contribution in [2.45, 2.75) is 50.0 Å². The molecule has 1 aromatic heterocycles. The van der Waals surface area contributed by atoms with Crippen molar-refractivity contribution in [3.05, 3.63) is 30.1 Å². The minimum Gasteiger partial charge on any atom is -0.465 e. The maximum atomic E-state index is 13.5. The van der Waals surface area contributed by atoms with Gasteiger partial charge in [-0.15, -0.1) is 0 Å². The Morgan fingerprint density at radius 1 is 1.12 bits per heavy atom. The van der Waals surface area contributed by atoms with Crippen LogP contribution in [0.25, 0.3) is 11.0 Å². The van der Waals surface area contributed by atoms with Crippen LogP contribution in [0.3, 0.4) is 0 Å². The van der Waals surface area contributed by atoms with E-state index in [-0.39, 0.29) is 18.1 Å². The van der Waals surface area contributed by atoms with Crippen molar-refractivity contribution in [1.82, 2.24) is 14.5 Å². The molecule has 128 valence electrons. The van der Waals surface area contributed by atoms with Crippen LogP contribution in [-0.4, -0.2) is 37.7 Å². The van der Waals surface area contributed by atoms with Gasteiger partial charge in [0.15, 0.2) is 0 Å². The van der Waals surface area contributed by atoms with E-state index in [2.05, 4.69) is 4.98 Å². The van der Waals surface area contributed by atoms with E-state index in [1.807, 2.05) is 0 Å². The summed E-state index contributed by atoms with van der Waals surface area (Å²) in [6.07, 6.45) is -3.31. The minimum absolute atomic E-state index is 0.214. The number of para-hydroxylation sites is 2. The van der Waals surface area contributed by atoms with Crippen molar-refractivity contribution < 1.29 is 23.1 Å². The second kappa shape index (κ2) is 5.12. The third kappa shape index (κ3) is 2.23. The molecule has 2 aromatic rings. The van der Waals surface area contributed by atoms with Crippen LogP contribution in [0.2, 0.25) is 0 Å². The lowest BCUT2D eigenvalue weighted by atomic mass is 9.97. The highest BCUT2D eigenvalue weighted by Gasteiger charge is 2.46. The fourth-order valence-corrected chi connectivity index (χ4v) is 4.29. The molecule has 0 saturated carbocycles. The van der Waals surface area contributed by atoms with Gasteiger partial charge in [0.05, 0.1) is 11.0 Å². The number of carbonyl (C=O) groups is 1. The van der Waals surface area contributed by atoms with Crippen molar-refractivity contribution in [3.63, 3.8) is 0 Å². The van der Waals surface area contributed by atoms with Crippen LogP contribution < -0.4 is 0 Å². The molecule has 3 atom stereocenters. The number of carboxylic acid groups (broad SMARTS) is 1.